The van der Waals surface area contributed by atoms with Gasteiger partial charge in [0.15, 0.2) is 10.7 Å². The van der Waals surface area contributed by atoms with Gasteiger partial charge in [-0.1, -0.05) is 13.8 Å². The summed E-state index contributed by atoms with van der Waals surface area (Å²) in [5.74, 6) is -0.299. The molecule has 3 rings (SSSR count). The molecule has 0 saturated heterocycles. The van der Waals surface area contributed by atoms with E-state index in [1.807, 2.05) is 13.8 Å². The number of anilines is 1. The summed E-state index contributed by atoms with van der Waals surface area (Å²) >= 11 is 0. The van der Waals surface area contributed by atoms with Gasteiger partial charge in [0.25, 0.3) is 16.0 Å². The SMILES string of the molecule is CCOC(=O)c1cc(S(=O)(=O)Nc2cc(C(C)C)nn2-c2ncccn2)[nH]n1. The van der Waals surface area contributed by atoms with E-state index in [0.29, 0.717) is 5.69 Å². The molecule has 3 aromatic heterocycles. The van der Waals surface area contributed by atoms with E-state index in [-0.39, 0.29) is 35.0 Å². The van der Waals surface area contributed by atoms with Crippen LogP contribution in [-0.4, -0.2) is 50.9 Å². The molecule has 0 radical (unpaired) electrons. The van der Waals surface area contributed by atoms with Gasteiger partial charge in [-0.25, -0.2) is 14.8 Å². The summed E-state index contributed by atoms with van der Waals surface area (Å²) in [4.78, 5) is 19.9. The average molecular weight is 405 g/mol. The zero-order chi connectivity index (χ0) is 20.3. The maximum atomic E-state index is 12.7. The van der Waals surface area contributed by atoms with Crippen LogP contribution in [0.25, 0.3) is 5.95 Å². The maximum Gasteiger partial charge on any atom is 0.358 e. The van der Waals surface area contributed by atoms with Gasteiger partial charge in [0.05, 0.1) is 12.3 Å². The molecule has 0 bridgehead atoms. The normalized spacial score (nSPS) is 11.6. The Kier molecular flexibility index (Phi) is 5.40. The summed E-state index contributed by atoms with van der Waals surface area (Å²) in [6.07, 6.45) is 3.05. The number of carbonyl (C=O) groups is 1. The van der Waals surface area contributed by atoms with Crippen molar-refractivity contribution >= 4 is 21.8 Å². The summed E-state index contributed by atoms with van der Waals surface area (Å²) in [7, 11) is -4.08. The highest BCUT2D eigenvalue weighted by molar-refractivity contribution is 7.92. The summed E-state index contributed by atoms with van der Waals surface area (Å²) in [6, 6.07) is 4.34. The molecule has 0 aliphatic heterocycles. The number of carbonyl (C=O) groups excluding carboxylic acids is 1. The number of hydrogen-bond donors (Lipinski definition) is 2. The molecule has 148 valence electrons. The molecule has 12 heteroatoms. The van der Waals surface area contributed by atoms with Crippen LogP contribution in [0, 0.1) is 0 Å². The monoisotopic (exact) mass is 405 g/mol. The largest absolute Gasteiger partial charge is 0.461 e. The van der Waals surface area contributed by atoms with Crippen LogP contribution in [-0.2, 0) is 14.8 Å². The Morgan fingerprint density at radius 1 is 1.29 bits per heavy atom. The first-order valence-electron chi connectivity index (χ1n) is 8.44. The van der Waals surface area contributed by atoms with E-state index in [1.54, 1.807) is 19.1 Å². The lowest BCUT2D eigenvalue weighted by Gasteiger charge is -2.07. The smallest absolute Gasteiger partial charge is 0.358 e. The Hall–Kier alpha value is -3.28. The first-order chi connectivity index (χ1) is 13.3. The summed E-state index contributed by atoms with van der Waals surface area (Å²) in [5.41, 5.74) is 0.520. The highest BCUT2D eigenvalue weighted by Gasteiger charge is 2.24. The van der Waals surface area contributed by atoms with E-state index in [2.05, 4.69) is 30.0 Å². The van der Waals surface area contributed by atoms with Crippen molar-refractivity contribution in [2.45, 2.75) is 31.7 Å². The quantitative estimate of drug-likeness (QED) is 0.562. The standard InChI is InChI=1S/C16H19N7O4S/c1-4-27-15(24)12-9-14(20-19-12)28(25,26)22-13-8-11(10(2)3)21-23(13)16-17-6-5-7-18-16/h5-10,22H,4H2,1-3H3,(H,19,20). The minimum Gasteiger partial charge on any atom is -0.461 e. The van der Waals surface area contributed by atoms with Gasteiger partial charge in [-0.2, -0.15) is 23.3 Å². The molecule has 11 nitrogen and oxygen atoms in total. The van der Waals surface area contributed by atoms with E-state index >= 15 is 0 Å². The zero-order valence-electron chi connectivity index (χ0n) is 15.4. The molecule has 0 aliphatic carbocycles. The van der Waals surface area contributed by atoms with Crippen molar-refractivity contribution in [3.8, 4) is 5.95 Å². The van der Waals surface area contributed by atoms with Crippen LogP contribution in [0.1, 0.15) is 42.9 Å². The second-order valence-corrected chi connectivity index (χ2v) is 7.66. The molecule has 3 aromatic rings. The number of hydrogen-bond acceptors (Lipinski definition) is 8. The van der Waals surface area contributed by atoms with Crippen LogP contribution >= 0.6 is 0 Å². The number of ether oxygens (including phenoxy) is 1. The first kappa shape index (κ1) is 19.5. The molecule has 0 atom stereocenters. The Balaban J connectivity index is 1.95. The molecule has 3 heterocycles. The van der Waals surface area contributed by atoms with Gasteiger partial charge in [0.2, 0.25) is 0 Å². The van der Waals surface area contributed by atoms with Crippen LogP contribution in [0.5, 0.6) is 0 Å². The Morgan fingerprint density at radius 3 is 2.64 bits per heavy atom. The molecule has 28 heavy (non-hydrogen) atoms. The van der Waals surface area contributed by atoms with Crippen LogP contribution in [0.3, 0.4) is 0 Å². The third-order valence-corrected chi connectivity index (χ3v) is 4.89. The van der Waals surface area contributed by atoms with E-state index < -0.39 is 16.0 Å². The number of aromatic amines is 1. The van der Waals surface area contributed by atoms with Crippen molar-refractivity contribution in [1.82, 2.24) is 29.9 Å². The fraction of sp³-hybridized carbons (Fsp3) is 0.312. The van der Waals surface area contributed by atoms with Crippen molar-refractivity contribution in [2.75, 3.05) is 11.3 Å². The highest BCUT2D eigenvalue weighted by Crippen LogP contribution is 2.23. The molecule has 2 N–H and O–H groups in total. The van der Waals surface area contributed by atoms with Gasteiger partial charge in [-0.05, 0) is 18.9 Å². The molecule has 0 fully saturated rings. The van der Waals surface area contributed by atoms with Gasteiger partial charge in [0.1, 0.15) is 5.82 Å². The first-order valence-corrected chi connectivity index (χ1v) is 9.93. The van der Waals surface area contributed by atoms with Gasteiger partial charge in [-0.15, -0.1) is 0 Å². The number of esters is 1. The fourth-order valence-corrected chi connectivity index (χ4v) is 3.21. The van der Waals surface area contributed by atoms with Gasteiger partial charge < -0.3 is 4.74 Å². The molecule has 0 aliphatic rings. The van der Waals surface area contributed by atoms with Crippen molar-refractivity contribution in [2.24, 2.45) is 0 Å². The molecular weight excluding hydrogens is 386 g/mol. The topological polar surface area (TPSA) is 145 Å². The van der Waals surface area contributed by atoms with Crippen LogP contribution in [0.2, 0.25) is 0 Å². The molecule has 0 amide bonds. The number of sulfonamides is 1. The lowest BCUT2D eigenvalue weighted by atomic mass is 10.1. The second-order valence-electron chi connectivity index (χ2n) is 6.01. The summed E-state index contributed by atoms with van der Waals surface area (Å²) in [5, 5.41) is 10.1. The van der Waals surface area contributed by atoms with E-state index in [0.717, 1.165) is 6.07 Å². The van der Waals surface area contributed by atoms with E-state index in [9.17, 15) is 13.2 Å². The number of nitrogens with one attached hydrogen (secondary N) is 2. The lowest BCUT2D eigenvalue weighted by Crippen LogP contribution is -2.17. The molecule has 0 spiro atoms. The van der Waals surface area contributed by atoms with Crippen LogP contribution < -0.4 is 4.72 Å². The molecule has 0 saturated carbocycles. The zero-order valence-corrected chi connectivity index (χ0v) is 16.3. The second kappa shape index (κ2) is 7.76. The minimum atomic E-state index is -4.08. The third kappa shape index (κ3) is 4.01. The lowest BCUT2D eigenvalue weighted by molar-refractivity contribution is 0.0519. The summed E-state index contributed by atoms with van der Waals surface area (Å²) in [6.45, 7) is 5.65. The van der Waals surface area contributed by atoms with Gasteiger partial charge in [0, 0.05) is 24.5 Å². The summed E-state index contributed by atoms with van der Waals surface area (Å²) < 4.78 is 34.0. The van der Waals surface area contributed by atoms with Crippen molar-refractivity contribution in [3.05, 3.63) is 42.0 Å². The van der Waals surface area contributed by atoms with Gasteiger partial charge in [-0.3, -0.25) is 9.82 Å². The van der Waals surface area contributed by atoms with E-state index in [1.165, 1.54) is 17.1 Å². The minimum absolute atomic E-state index is 0.0517. The van der Waals surface area contributed by atoms with Crippen molar-refractivity contribution < 1.29 is 17.9 Å². The molecule has 0 aromatic carbocycles. The predicted molar refractivity (Wildman–Crippen MR) is 98.6 cm³/mol. The van der Waals surface area contributed by atoms with Gasteiger partial charge >= 0.3 is 5.97 Å². The number of nitrogens with zero attached hydrogens (tertiary/aromatic N) is 5. The van der Waals surface area contributed by atoms with Crippen molar-refractivity contribution in [1.29, 1.82) is 0 Å². The maximum absolute atomic E-state index is 12.7. The molecule has 0 unspecified atom stereocenters. The Bertz CT molecular complexity index is 1070. The van der Waals surface area contributed by atoms with Crippen LogP contribution in [0.15, 0.2) is 35.6 Å². The number of aromatic nitrogens is 6. The van der Waals surface area contributed by atoms with E-state index in [4.69, 9.17) is 4.74 Å². The Labute approximate surface area is 161 Å². The predicted octanol–water partition coefficient (Wildman–Crippen LogP) is 1.49. The average Bonchev–Trinajstić information content (AvgIpc) is 3.30. The van der Waals surface area contributed by atoms with Crippen LogP contribution in [0.4, 0.5) is 5.82 Å². The highest BCUT2D eigenvalue weighted by atomic mass is 32.2. The third-order valence-electron chi connectivity index (χ3n) is 3.63. The Morgan fingerprint density at radius 2 is 2.00 bits per heavy atom. The van der Waals surface area contributed by atoms with Crippen molar-refractivity contribution in [3.63, 3.8) is 0 Å². The number of rotatable bonds is 7. The number of H-pyrrole nitrogens is 1. The molecular formula is C16H19N7O4S. The fourth-order valence-electron chi connectivity index (χ4n) is 2.25.